The molecule has 1 N–H and O–H groups in total. The Morgan fingerprint density at radius 1 is 1.15 bits per heavy atom. The molecule has 1 aromatic carbocycles. The van der Waals surface area contributed by atoms with Crippen LogP contribution >= 0.6 is 11.8 Å². The summed E-state index contributed by atoms with van der Waals surface area (Å²) in [6.07, 6.45) is 1.73. The maximum atomic E-state index is 12.3. The Balaban J connectivity index is 1.63. The normalized spacial score (nSPS) is 11.9. The van der Waals surface area contributed by atoms with E-state index in [1.54, 1.807) is 6.20 Å². The molecule has 0 aliphatic carbocycles. The second kappa shape index (κ2) is 8.62. The van der Waals surface area contributed by atoms with Gasteiger partial charge in [-0.3, -0.25) is 9.78 Å². The zero-order valence-corrected chi connectivity index (χ0v) is 15.6. The summed E-state index contributed by atoms with van der Waals surface area (Å²) >= 11 is 1.38. The molecule has 2 heterocycles. The van der Waals surface area contributed by atoms with E-state index in [-0.39, 0.29) is 17.7 Å². The summed E-state index contributed by atoms with van der Waals surface area (Å²) in [4.78, 5) is 16.6. The van der Waals surface area contributed by atoms with Gasteiger partial charge in [0.1, 0.15) is 5.69 Å². The fourth-order valence-electron chi connectivity index (χ4n) is 2.60. The first-order valence-corrected chi connectivity index (χ1v) is 9.49. The number of amides is 1. The fraction of sp³-hybridized carbons (Fsp3) is 0.263. The second-order valence-electron chi connectivity index (χ2n) is 5.75. The van der Waals surface area contributed by atoms with Gasteiger partial charge in [-0.05, 0) is 31.5 Å². The van der Waals surface area contributed by atoms with Crippen LogP contribution in [0.1, 0.15) is 25.5 Å². The van der Waals surface area contributed by atoms with Crippen LogP contribution < -0.4 is 5.32 Å². The summed E-state index contributed by atoms with van der Waals surface area (Å²) in [6.45, 7) is 4.71. The predicted molar refractivity (Wildman–Crippen MR) is 103 cm³/mol. The maximum absolute atomic E-state index is 12.3. The first kappa shape index (κ1) is 18.1. The van der Waals surface area contributed by atoms with E-state index in [0.717, 1.165) is 16.4 Å². The van der Waals surface area contributed by atoms with Crippen LogP contribution in [-0.4, -0.2) is 31.4 Å². The molecule has 0 bridgehead atoms. The smallest absolute Gasteiger partial charge is 0.230 e. The van der Waals surface area contributed by atoms with Crippen molar-refractivity contribution in [1.82, 2.24) is 25.1 Å². The van der Waals surface area contributed by atoms with Gasteiger partial charge in [0.25, 0.3) is 0 Å². The van der Waals surface area contributed by atoms with Crippen LogP contribution in [0.5, 0.6) is 0 Å². The third kappa shape index (κ3) is 4.29. The van der Waals surface area contributed by atoms with Crippen LogP contribution in [0, 0.1) is 0 Å². The number of nitrogens with one attached hydrogen (secondary N) is 1. The molecule has 0 saturated carbocycles. The highest BCUT2D eigenvalue weighted by Crippen LogP contribution is 2.22. The van der Waals surface area contributed by atoms with Gasteiger partial charge in [-0.25, -0.2) is 0 Å². The molecule has 7 heteroatoms. The number of carbonyl (C=O) groups is 1. The van der Waals surface area contributed by atoms with E-state index >= 15 is 0 Å². The average molecular weight is 367 g/mol. The highest BCUT2D eigenvalue weighted by atomic mass is 32.2. The first-order valence-electron chi connectivity index (χ1n) is 8.50. The minimum Gasteiger partial charge on any atom is -0.349 e. The molecule has 134 valence electrons. The van der Waals surface area contributed by atoms with E-state index in [9.17, 15) is 4.79 Å². The molecule has 0 radical (unpaired) electrons. The van der Waals surface area contributed by atoms with Gasteiger partial charge in [0.15, 0.2) is 11.0 Å². The standard InChI is InChI=1S/C19H21N5OS/c1-3-24-18(16-11-7-8-12-20-16)22-23-19(24)26-13-17(25)21-14(2)15-9-5-4-6-10-15/h4-12,14H,3,13H2,1-2H3,(H,21,25)/t14-/m1/s1. The zero-order chi connectivity index (χ0) is 18.4. The van der Waals surface area contributed by atoms with Crippen molar-refractivity contribution in [2.45, 2.75) is 31.6 Å². The largest absolute Gasteiger partial charge is 0.349 e. The number of pyridine rings is 1. The van der Waals surface area contributed by atoms with E-state index < -0.39 is 0 Å². The molecular weight excluding hydrogens is 346 g/mol. The first-order chi connectivity index (χ1) is 12.7. The molecule has 2 aromatic heterocycles. The van der Waals surface area contributed by atoms with Gasteiger partial charge in [-0.15, -0.1) is 10.2 Å². The zero-order valence-electron chi connectivity index (χ0n) is 14.8. The van der Waals surface area contributed by atoms with Crippen molar-refractivity contribution in [3.05, 3.63) is 60.3 Å². The minimum atomic E-state index is -0.0311. The SMILES string of the molecule is CCn1c(SCC(=O)N[C@H](C)c2ccccc2)nnc1-c1ccccn1. The van der Waals surface area contributed by atoms with Crippen LogP contribution in [0.2, 0.25) is 0 Å². The van der Waals surface area contributed by atoms with Gasteiger partial charge in [0.05, 0.1) is 11.8 Å². The average Bonchev–Trinajstić information content (AvgIpc) is 3.10. The van der Waals surface area contributed by atoms with E-state index in [0.29, 0.717) is 12.4 Å². The Hall–Kier alpha value is -2.67. The van der Waals surface area contributed by atoms with Crippen LogP contribution in [0.4, 0.5) is 0 Å². The van der Waals surface area contributed by atoms with Crippen molar-refractivity contribution >= 4 is 17.7 Å². The molecule has 0 spiro atoms. The molecule has 1 amide bonds. The number of hydrogen-bond donors (Lipinski definition) is 1. The summed E-state index contributed by atoms with van der Waals surface area (Å²) in [6, 6.07) is 15.6. The summed E-state index contributed by atoms with van der Waals surface area (Å²) in [7, 11) is 0. The summed E-state index contributed by atoms with van der Waals surface area (Å²) in [5, 5.41) is 12.2. The van der Waals surface area contributed by atoms with E-state index in [1.807, 2.05) is 66.9 Å². The Morgan fingerprint density at radius 2 is 1.92 bits per heavy atom. The summed E-state index contributed by atoms with van der Waals surface area (Å²) in [5.41, 5.74) is 1.86. The highest BCUT2D eigenvalue weighted by Gasteiger charge is 2.16. The van der Waals surface area contributed by atoms with Gasteiger partial charge < -0.3 is 9.88 Å². The number of hydrogen-bond acceptors (Lipinski definition) is 5. The lowest BCUT2D eigenvalue weighted by molar-refractivity contribution is -0.119. The van der Waals surface area contributed by atoms with Crippen molar-refractivity contribution in [2.75, 3.05) is 5.75 Å². The van der Waals surface area contributed by atoms with Crippen molar-refractivity contribution in [3.63, 3.8) is 0 Å². The van der Waals surface area contributed by atoms with Crippen LogP contribution in [0.3, 0.4) is 0 Å². The monoisotopic (exact) mass is 367 g/mol. The number of aromatic nitrogens is 4. The molecule has 0 aliphatic rings. The quantitative estimate of drug-likeness (QED) is 0.649. The number of carbonyl (C=O) groups excluding carboxylic acids is 1. The van der Waals surface area contributed by atoms with Crippen molar-refractivity contribution in [1.29, 1.82) is 0 Å². The Bertz CT molecular complexity index is 851. The molecule has 6 nitrogen and oxygen atoms in total. The van der Waals surface area contributed by atoms with Gasteiger partial charge >= 0.3 is 0 Å². The van der Waals surface area contributed by atoms with E-state index in [4.69, 9.17) is 0 Å². The second-order valence-corrected chi connectivity index (χ2v) is 6.70. The van der Waals surface area contributed by atoms with Crippen molar-refractivity contribution in [2.24, 2.45) is 0 Å². The van der Waals surface area contributed by atoms with Crippen molar-refractivity contribution in [3.8, 4) is 11.5 Å². The Labute approximate surface area is 157 Å². The lowest BCUT2D eigenvalue weighted by atomic mass is 10.1. The van der Waals surface area contributed by atoms with Gasteiger partial charge in [-0.2, -0.15) is 0 Å². The Kier molecular flexibility index (Phi) is 6.01. The topological polar surface area (TPSA) is 72.7 Å². The van der Waals surface area contributed by atoms with Crippen LogP contribution in [0.15, 0.2) is 59.9 Å². The van der Waals surface area contributed by atoms with E-state index in [2.05, 4.69) is 20.5 Å². The minimum absolute atomic E-state index is 0.0302. The van der Waals surface area contributed by atoms with Gasteiger partial charge in [0.2, 0.25) is 5.91 Å². The summed E-state index contributed by atoms with van der Waals surface area (Å²) < 4.78 is 1.97. The van der Waals surface area contributed by atoms with E-state index in [1.165, 1.54) is 11.8 Å². The highest BCUT2D eigenvalue weighted by molar-refractivity contribution is 7.99. The number of benzene rings is 1. The molecule has 26 heavy (non-hydrogen) atoms. The summed E-state index contributed by atoms with van der Waals surface area (Å²) in [5.74, 6) is 0.974. The number of thioether (sulfide) groups is 1. The fourth-order valence-corrected chi connectivity index (χ4v) is 3.42. The third-order valence-electron chi connectivity index (χ3n) is 3.94. The molecular formula is C19H21N5OS. The van der Waals surface area contributed by atoms with Crippen LogP contribution in [0.25, 0.3) is 11.5 Å². The lowest BCUT2D eigenvalue weighted by Crippen LogP contribution is -2.28. The number of nitrogens with zero attached hydrogens (tertiary/aromatic N) is 4. The molecule has 0 unspecified atom stereocenters. The maximum Gasteiger partial charge on any atom is 0.230 e. The lowest BCUT2D eigenvalue weighted by Gasteiger charge is -2.14. The van der Waals surface area contributed by atoms with Crippen molar-refractivity contribution < 1.29 is 4.79 Å². The Morgan fingerprint density at radius 3 is 2.62 bits per heavy atom. The van der Waals surface area contributed by atoms with Gasteiger partial charge in [-0.1, -0.05) is 48.2 Å². The molecule has 0 saturated heterocycles. The van der Waals surface area contributed by atoms with Crippen LogP contribution in [-0.2, 0) is 11.3 Å². The molecule has 0 aliphatic heterocycles. The predicted octanol–water partition coefficient (Wildman–Crippen LogP) is 3.33. The molecule has 3 rings (SSSR count). The molecule has 3 aromatic rings. The molecule has 0 fully saturated rings. The number of rotatable bonds is 7. The third-order valence-corrected chi connectivity index (χ3v) is 4.90. The van der Waals surface area contributed by atoms with Gasteiger partial charge in [0, 0.05) is 12.7 Å². The molecule has 1 atom stereocenters.